The molecule has 0 aromatic heterocycles. The molecule has 0 saturated carbocycles. The summed E-state index contributed by atoms with van der Waals surface area (Å²) >= 11 is 0. The fourth-order valence-electron chi connectivity index (χ4n) is 10.3. The van der Waals surface area contributed by atoms with Gasteiger partial charge in [-0.25, -0.2) is 0 Å². The first-order valence-corrected chi connectivity index (χ1v) is 20.7. The summed E-state index contributed by atoms with van der Waals surface area (Å²) in [5.41, 5.74) is 15.4. The second kappa shape index (κ2) is 12.9. The first-order chi connectivity index (χ1) is 29.0. The van der Waals surface area contributed by atoms with E-state index in [9.17, 15) is 0 Å². The summed E-state index contributed by atoms with van der Waals surface area (Å²) < 4.78 is 0. The predicted octanol–water partition coefficient (Wildman–Crippen LogP) is 16.4. The SMILES string of the molecule is CC1(C)c2ccc(-c3ccc(-c4c5ccccc5c(-c5cccc(-c6cc7ccccc7c7ccccc67)c5)c5ccccc45)cc3)cc2-c2cc3ccccc3cc21. The lowest BCUT2D eigenvalue weighted by Crippen LogP contribution is -2.14. The molecule has 11 aromatic carbocycles. The second-order valence-electron chi connectivity index (χ2n) is 16.8. The Morgan fingerprint density at radius 1 is 0.254 bits per heavy atom. The van der Waals surface area contributed by atoms with E-state index >= 15 is 0 Å². The molecule has 276 valence electrons. The Balaban J connectivity index is 0.983. The van der Waals surface area contributed by atoms with Crippen molar-refractivity contribution in [3.63, 3.8) is 0 Å². The molecule has 0 heterocycles. The molecule has 0 saturated heterocycles. The summed E-state index contributed by atoms with van der Waals surface area (Å²) in [6.45, 7) is 4.73. The zero-order valence-corrected chi connectivity index (χ0v) is 33.1. The Morgan fingerprint density at radius 2 is 0.729 bits per heavy atom. The minimum atomic E-state index is -0.0442. The molecule has 0 bridgehead atoms. The van der Waals surface area contributed by atoms with Gasteiger partial charge in [0, 0.05) is 5.41 Å². The number of rotatable bonds is 4. The molecule has 59 heavy (non-hydrogen) atoms. The third-order valence-electron chi connectivity index (χ3n) is 13.2. The van der Waals surface area contributed by atoms with Gasteiger partial charge in [-0.05, 0) is 151 Å². The van der Waals surface area contributed by atoms with Crippen LogP contribution in [-0.4, -0.2) is 0 Å². The van der Waals surface area contributed by atoms with Gasteiger partial charge in [0.15, 0.2) is 0 Å². The van der Waals surface area contributed by atoms with Crippen molar-refractivity contribution >= 4 is 53.9 Å². The lowest BCUT2D eigenvalue weighted by atomic mass is 9.81. The molecule has 0 atom stereocenters. The van der Waals surface area contributed by atoms with E-state index in [1.54, 1.807) is 0 Å². The highest BCUT2D eigenvalue weighted by Gasteiger charge is 2.35. The molecule has 1 aliphatic rings. The number of benzene rings is 11. The van der Waals surface area contributed by atoms with Gasteiger partial charge in [0.1, 0.15) is 0 Å². The molecule has 11 aromatic rings. The van der Waals surface area contributed by atoms with Crippen LogP contribution in [0.5, 0.6) is 0 Å². The molecule has 1 aliphatic carbocycles. The van der Waals surface area contributed by atoms with Gasteiger partial charge < -0.3 is 0 Å². The van der Waals surface area contributed by atoms with Gasteiger partial charge in [0.25, 0.3) is 0 Å². The van der Waals surface area contributed by atoms with Gasteiger partial charge in [-0.1, -0.05) is 190 Å². The smallest absolute Gasteiger partial charge is 0.0159 e. The largest absolute Gasteiger partial charge is 0.0616 e. The highest BCUT2D eigenvalue weighted by atomic mass is 14.4. The summed E-state index contributed by atoms with van der Waals surface area (Å²) in [5.74, 6) is 0. The summed E-state index contributed by atoms with van der Waals surface area (Å²) in [7, 11) is 0. The normalized spacial score (nSPS) is 13.1. The summed E-state index contributed by atoms with van der Waals surface area (Å²) in [6.07, 6.45) is 0. The van der Waals surface area contributed by atoms with Crippen LogP contribution in [0, 0.1) is 0 Å². The second-order valence-corrected chi connectivity index (χ2v) is 16.8. The zero-order valence-electron chi connectivity index (χ0n) is 33.1. The number of fused-ring (bicyclic) bond motifs is 9. The van der Waals surface area contributed by atoms with E-state index in [0.29, 0.717) is 0 Å². The van der Waals surface area contributed by atoms with Crippen LogP contribution in [0.1, 0.15) is 25.0 Å². The number of hydrogen-bond acceptors (Lipinski definition) is 0. The van der Waals surface area contributed by atoms with Crippen molar-refractivity contribution in [2.45, 2.75) is 19.3 Å². The fourth-order valence-corrected chi connectivity index (χ4v) is 10.3. The fraction of sp³-hybridized carbons (Fsp3) is 0.0508. The molecule has 0 spiro atoms. The van der Waals surface area contributed by atoms with E-state index in [1.165, 1.54) is 121 Å². The molecule has 0 aliphatic heterocycles. The van der Waals surface area contributed by atoms with Crippen LogP contribution in [0.2, 0.25) is 0 Å². The molecular formula is C59H40. The summed E-state index contributed by atoms with van der Waals surface area (Å²) in [6, 6.07) is 77.0. The average molecular weight is 749 g/mol. The van der Waals surface area contributed by atoms with Crippen LogP contribution < -0.4 is 0 Å². The molecule has 12 rings (SSSR count). The minimum Gasteiger partial charge on any atom is -0.0616 e. The van der Waals surface area contributed by atoms with E-state index in [2.05, 4.69) is 220 Å². The maximum Gasteiger partial charge on any atom is 0.0159 e. The van der Waals surface area contributed by atoms with E-state index < -0.39 is 0 Å². The third kappa shape index (κ3) is 5.16. The maximum atomic E-state index is 2.42. The van der Waals surface area contributed by atoms with Crippen molar-refractivity contribution < 1.29 is 0 Å². The van der Waals surface area contributed by atoms with Crippen LogP contribution in [0.25, 0.3) is 109 Å². The highest BCUT2D eigenvalue weighted by Crippen LogP contribution is 2.51. The Kier molecular flexibility index (Phi) is 7.38. The first kappa shape index (κ1) is 33.8. The Morgan fingerprint density at radius 3 is 1.41 bits per heavy atom. The van der Waals surface area contributed by atoms with Crippen molar-refractivity contribution in [1.82, 2.24) is 0 Å². The van der Waals surface area contributed by atoms with Gasteiger partial charge >= 0.3 is 0 Å². The van der Waals surface area contributed by atoms with Crippen LogP contribution in [0.3, 0.4) is 0 Å². The monoisotopic (exact) mass is 748 g/mol. The lowest BCUT2D eigenvalue weighted by molar-refractivity contribution is 0.661. The molecule has 0 heteroatoms. The van der Waals surface area contributed by atoms with Crippen molar-refractivity contribution in [3.05, 3.63) is 217 Å². The standard InChI is InChI=1S/C59H40/c1-59(2)55-31-30-41(34-53(55)54-33-39-14-3-4-15-40(39)36-56(54)59)37-26-28-38(29-27-37)57-48-22-9-11-24-50(48)58(51-25-12-10-23-49(51)57)44-18-13-17-42(32-44)52-35-43-16-5-6-19-45(43)46-20-7-8-21-47(46)52/h3-36H,1-2H3. The van der Waals surface area contributed by atoms with E-state index in [1.807, 2.05) is 0 Å². The van der Waals surface area contributed by atoms with Gasteiger partial charge in [0.05, 0.1) is 0 Å². The van der Waals surface area contributed by atoms with Crippen LogP contribution in [-0.2, 0) is 5.41 Å². The summed E-state index contributed by atoms with van der Waals surface area (Å²) in [5, 5.41) is 12.8. The number of hydrogen-bond donors (Lipinski definition) is 0. The molecule has 0 N–H and O–H groups in total. The zero-order chi connectivity index (χ0) is 39.2. The molecule has 0 amide bonds. The van der Waals surface area contributed by atoms with Gasteiger partial charge in [-0.3, -0.25) is 0 Å². The summed E-state index contributed by atoms with van der Waals surface area (Å²) in [4.78, 5) is 0. The predicted molar refractivity (Wildman–Crippen MR) is 253 cm³/mol. The van der Waals surface area contributed by atoms with Crippen LogP contribution in [0.15, 0.2) is 206 Å². The molecule has 0 unspecified atom stereocenters. The van der Waals surface area contributed by atoms with Crippen LogP contribution in [0.4, 0.5) is 0 Å². The average Bonchev–Trinajstić information content (AvgIpc) is 3.51. The van der Waals surface area contributed by atoms with Crippen molar-refractivity contribution in [3.8, 4) is 55.6 Å². The molecule has 0 nitrogen and oxygen atoms in total. The topological polar surface area (TPSA) is 0 Å². The van der Waals surface area contributed by atoms with Crippen molar-refractivity contribution in [2.75, 3.05) is 0 Å². The Hall–Kier alpha value is -7.28. The van der Waals surface area contributed by atoms with Crippen molar-refractivity contribution in [2.24, 2.45) is 0 Å². The minimum absolute atomic E-state index is 0.0442. The van der Waals surface area contributed by atoms with Gasteiger partial charge in [-0.2, -0.15) is 0 Å². The molecule has 0 radical (unpaired) electrons. The first-order valence-electron chi connectivity index (χ1n) is 20.7. The van der Waals surface area contributed by atoms with E-state index in [0.717, 1.165) is 0 Å². The molecule has 0 fully saturated rings. The highest BCUT2D eigenvalue weighted by molar-refractivity contribution is 6.22. The van der Waals surface area contributed by atoms with Crippen LogP contribution >= 0.6 is 0 Å². The van der Waals surface area contributed by atoms with Gasteiger partial charge in [0.2, 0.25) is 0 Å². The maximum absolute atomic E-state index is 2.42. The van der Waals surface area contributed by atoms with E-state index in [-0.39, 0.29) is 5.41 Å². The lowest BCUT2D eigenvalue weighted by Gasteiger charge is -2.22. The molecular weight excluding hydrogens is 709 g/mol. The van der Waals surface area contributed by atoms with E-state index in [4.69, 9.17) is 0 Å². The third-order valence-corrected chi connectivity index (χ3v) is 13.2. The Bertz CT molecular complexity index is 3450. The quantitative estimate of drug-likeness (QED) is 0.124. The van der Waals surface area contributed by atoms with Gasteiger partial charge in [-0.15, -0.1) is 0 Å². The van der Waals surface area contributed by atoms with Crippen molar-refractivity contribution in [1.29, 1.82) is 0 Å². The Labute approximate surface area is 344 Å².